The Morgan fingerprint density at radius 3 is 1.45 bits per heavy atom. The van der Waals surface area contributed by atoms with Crippen LogP contribution in [0.1, 0.15) is 20.7 Å². The minimum Gasteiger partial charge on any atom is -0.508 e. The van der Waals surface area contributed by atoms with Crippen LogP contribution in [0.3, 0.4) is 0 Å². The lowest BCUT2D eigenvalue weighted by Gasteiger charge is -1.92. The Bertz CT molecular complexity index is 548. The van der Waals surface area contributed by atoms with E-state index in [0.29, 0.717) is 5.56 Å². The molecule has 0 atom stereocenters. The molecule has 0 spiro atoms. The molecule has 0 saturated carbocycles. The molecule has 0 heterocycles. The van der Waals surface area contributed by atoms with Crippen molar-refractivity contribution >= 4 is 11.9 Å². The summed E-state index contributed by atoms with van der Waals surface area (Å²) in [7, 11) is 0. The highest BCUT2D eigenvalue weighted by atomic mass is 16.4. The molecule has 0 fully saturated rings. The molecule has 0 aliphatic heterocycles. The Balaban J connectivity index is 0.000000345. The topological polar surface area (TPSA) is 126 Å². The number of phenolic OH excluding ortho intramolecular Hbond substituents is 1. The smallest absolute Gasteiger partial charge is 0.335 e. The Morgan fingerprint density at radius 1 is 0.700 bits per heavy atom. The first-order valence-electron chi connectivity index (χ1n) is 5.31. The SMILES string of the molecule is O.O=C(O)c1ccc(O)cc1.O=C(O)c1ccccc1. The lowest BCUT2D eigenvalue weighted by molar-refractivity contribution is 0.0686. The van der Waals surface area contributed by atoms with Gasteiger partial charge >= 0.3 is 11.9 Å². The van der Waals surface area contributed by atoms with E-state index in [9.17, 15) is 9.59 Å². The summed E-state index contributed by atoms with van der Waals surface area (Å²) in [6.45, 7) is 0. The van der Waals surface area contributed by atoms with Crippen molar-refractivity contribution in [3.8, 4) is 5.75 Å². The zero-order valence-corrected chi connectivity index (χ0v) is 10.4. The summed E-state index contributed by atoms with van der Waals surface area (Å²) in [5.74, 6) is -1.79. The fourth-order valence-electron chi connectivity index (χ4n) is 1.18. The van der Waals surface area contributed by atoms with Crippen LogP contribution in [0, 0.1) is 0 Å². The van der Waals surface area contributed by atoms with Gasteiger partial charge in [0.1, 0.15) is 5.75 Å². The maximum atomic E-state index is 10.2. The van der Waals surface area contributed by atoms with Gasteiger partial charge in [-0.2, -0.15) is 0 Å². The van der Waals surface area contributed by atoms with Gasteiger partial charge in [0.05, 0.1) is 11.1 Å². The number of aromatic carboxylic acids is 2. The third-order valence-corrected chi connectivity index (χ3v) is 2.13. The van der Waals surface area contributed by atoms with Crippen LogP contribution in [0.2, 0.25) is 0 Å². The van der Waals surface area contributed by atoms with Crippen molar-refractivity contribution in [2.45, 2.75) is 0 Å². The van der Waals surface area contributed by atoms with Gasteiger partial charge in [-0.05, 0) is 36.4 Å². The second-order valence-corrected chi connectivity index (χ2v) is 3.52. The van der Waals surface area contributed by atoms with Crippen molar-refractivity contribution in [1.29, 1.82) is 0 Å². The quantitative estimate of drug-likeness (QED) is 0.769. The standard InChI is InChI=1S/C7H6O3.C7H6O2.H2O/c8-6-3-1-5(2-4-6)7(9)10;8-7(9)6-4-2-1-3-5-6;/h1-4,8H,(H,9,10);1-5H,(H,8,9);1H2. The van der Waals surface area contributed by atoms with E-state index >= 15 is 0 Å². The first-order valence-corrected chi connectivity index (χ1v) is 5.31. The lowest BCUT2D eigenvalue weighted by Crippen LogP contribution is -1.93. The summed E-state index contributed by atoms with van der Waals surface area (Å²) in [5, 5.41) is 25.5. The van der Waals surface area contributed by atoms with Crippen molar-refractivity contribution in [2.75, 3.05) is 0 Å². The van der Waals surface area contributed by atoms with E-state index in [1.54, 1.807) is 30.3 Å². The van der Waals surface area contributed by atoms with E-state index in [1.807, 2.05) is 0 Å². The molecule has 6 heteroatoms. The largest absolute Gasteiger partial charge is 0.508 e. The molecule has 0 amide bonds. The summed E-state index contributed by atoms with van der Waals surface area (Å²) >= 11 is 0. The van der Waals surface area contributed by atoms with E-state index < -0.39 is 11.9 Å². The van der Waals surface area contributed by atoms with Gasteiger partial charge in [0.2, 0.25) is 0 Å². The summed E-state index contributed by atoms with van der Waals surface area (Å²) in [4.78, 5) is 20.4. The number of rotatable bonds is 2. The van der Waals surface area contributed by atoms with Crippen molar-refractivity contribution in [3.05, 3.63) is 65.7 Å². The molecule has 0 bridgehead atoms. The molecule has 5 N–H and O–H groups in total. The van der Waals surface area contributed by atoms with Crippen LogP contribution in [-0.4, -0.2) is 32.7 Å². The summed E-state index contributed by atoms with van der Waals surface area (Å²) in [5.41, 5.74) is 0.510. The van der Waals surface area contributed by atoms with Crippen LogP contribution >= 0.6 is 0 Å². The number of hydrogen-bond donors (Lipinski definition) is 3. The monoisotopic (exact) mass is 278 g/mol. The Morgan fingerprint density at radius 2 is 1.10 bits per heavy atom. The first kappa shape index (κ1) is 17.1. The zero-order valence-electron chi connectivity index (χ0n) is 10.4. The van der Waals surface area contributed by atoms with E-state index in [2.05, 4.69) is 0 Å². The summed E-state index contributed by atoms with van der Waals surface area (Å²) < 4.78 is 0. The summed E-state index contributed by atoms with van der Waals surface area (Å²) in [6, 6.07) is 13.7. The third kappa shape index (κ3) is 5.65. The molecule has 0 saturated heterocycles. The molecular weight excluding hydrogens is 264 g/mol. The molecule has 0 unspecified atom stereocenters. The fourth-order valence-corrected chi connectivity index (χ4v) is 1.18. The number of carboxylic acid groups (broad SMARTS) is 2. The van der Waals surface area contributed by atoms with Gasteiger partial charge in [0.15, 0.2) is 0 Å². The van der Waals surface area contributed by atoms with Gasteiger partial charge in [-0.1, -0.05) is 18.2 Å². The van der Waals surface area contributed by atoms with Crippen LogP contribution in [0.25, 0.3) is 0 Å². The van der Waals surface area contributed by atoms with E-state index in [1.165, 1.54) is 24.3 Å². The average molecular weight is 278 g/mol. The van der Waals surface area contributed by atoms with Gasteiger partial charge < -0.3 is 20.8 Å². The van der Waals surface area contributed by atoms with Crippen molar-refractivity contribution in [2.24, 2.45) is 0 Å². The van der Waals surface area contributed by atoms with Crippen molar-refractivity contribution in [1.82, 2.24) is 0 Å². The van der Waals surface area contributed by atoms with Crippen molar-refractivity contribution < 1.29 is 30.4 Å². The normalized spacial score (nSPS) is 8.60. The minimum absolute atomic E-state index is 0. The predicted octanol–water partition coefficient (Wildman–Crippen LogP) is 1.65. The number of hydrogen-bond acceptors (Lipinski definition) is 3. The molecule has 2 rings (SSSR count). The van der Waals surface area contributed by atoms with Crippen LogP contribution in [0.5, 0.6) is 5.75 Å². The van der Waals surface area contributed by atoms with Gasteiger partial charge in [-0.25, -0.2) is 9.59 Å². The maximum absolute atomic E-state index is 10.2. The third-order valence-electron chi connectivity index (χ3n) is 2.13. The maximum Gasteiger partial charge on any atom is 0.335 e. The van der Waals surface area contributed by atoms with Gasteiger partial charge in [-0.15, -0.1) is 0 Å². The average Bonchev–Trinajstić information content (AvgIpc) is 2.41. The lowest BCUT2D eigenvalue weighted by atomic mass is 10.2. The predicted molar refractivity (Wildman–Crippen MR) is 72.1 cm³/mol. The van der Waals surface area contributed by atoms with Gasteiger partial charge in [-0.3, -0.25) is 0 Å². The second-order valence-electron chi connectivity index (χ2n) is 3.52. The molecule has 2 aromatic carbocycles. The highest BCUT2D eigenvalue weighted by Gasteiger charge is 1.99. The number of benzene rings is 2. The molecule has 0 aromatic heterocycles. The number of carbonyl (C=O) groups is 2. The molecule has 20 heavy (non-hydrogen) atoms. The molecule has 0 aliphatic rings. The van der Waals surface area contributed by atoms with Gasteiger partial charge in [0, 0.05) is 0 Å². The fraction of sp³-hybridized carbons (Fsp3) is 0. The van der Waals surface area contributed by atoms with Crippen molar-refractivity contribution in [3.63, 3.8) is 0 Å². The molecule has 6 nitrogen and oxygen atoms in total. The first-order chi connectivity index (χ1) is 9.00. The molecule has 2 aromatic rings. The molecule has 106 valence electrons. The number of aromatic hydroxyl groups is 1. The van der Waals surface area contributed by atoms with Crippen LogP contribution in [0.4, 0.5) is 0 Å². The number of carboxylic acids is 2. The van der Waals surface area contributed by atoms with Gasteiger partial charge in [0.25, 0.3) is 0 Å². The highest BCUT2D eigenvalue weighted by Crippen LogP contribution is 2.08. The Hall–Kier alpha value is -2.86. The molecule has 0 aliphatic carbocycles. The van der Waals surface area contributed by atoms with Crippen LogP contribution < -0.4 is 0 Å². The van der Waals surface area contributed by atoms with E-state index in [-0.39, 0.29) is 16.8 Å². The second kappa shape index (κ2) is 8.28. The van der Waals surface area contributed by atoms with Crippen LogP contribution in [-0.2, 0) is 0 Å². The number of phenols is 1. The minimum atomic E-state index is -0.986. The molecule has 0 radical (unpaired) electrons. The highest BCUT2D eigenvalue weighted by molar-refractivity contribution is 5.87. The Kier molecular flexibility index (Phi) is 7.09. The zero-order chi connectivity index (χ0) is 14.3. The van der Waals surface area contributed by atoms with E-state index in [4.69, 9.17) is 15.3 Å². The summed E-state index contributed by atoms with van der Waals surface area (Å²) in [6.07, 6.45) is 0. The van der Waals surface area contributed by atoms with E-state index in [0.717, 1.165) is 0 Å². The Labute approximate surface area is 114 Å². The van der Waals surface area contributed by atoms with Crippen LogP contribution in [0.15, 0.2) is 54.6 Å². The molecular formula is C14H14O6.